The average molecular weight is 421 g/mol. The van der Waals surface area contributed by atoms with Crippen LogP contribution in [0.25, 0.3) is 0 Å². The maximum absolute atomic E-state index is 13.3. The molecule has 2 atom stereocenters. The molecule has 2 aromatic carbocycles. The van der Waals surface area contributed by atoms with E-state index in [4.69, 9.17) is 9.47 Å². The van der Waals surface area contributed by atoms with Gasteiger partial charge in [0.25, 0.3) is 0 Å². The fourth-order valence-corrected chi connectivity index (χ4v) is 3.85. The molecule has 0 fully saturated rings. The van der Waals surface area contributed by atoms with Gasteiger partial charge < -0.3 is 14.8 Å². The van der Waals surface area contributed by atoms with Gasteiger partial charge in [-0.1, -0.05) is 47.7 Å². The molecule has 0 radical (unpaired) electrons. The number of carbonyl (C=O) groups excluding carboxylic acids is 1. The van der Waals surface area contributed by atoms with E-state index in [1.54, 1.807) is 11.8 Å². The van der Waals surface area contributed by atoms with Crippen LogP contribution < -0.4 is 10.1 Å². The SMILES string of the molecule is COc1ccc(C[C@H]2CCn3cc(nn3)COC[C@@H](Cc3ccccc3)NC2=O)cc1. The Bertz CT molecular complexity index is 972. The van der Waals surface area contributed by atoms with Crippen molar-refractivity contribution in [2.45, 2.75) is 38.5 Å². The van der Waals surface area contributed by atoms with Gasteiger partial charge in [0.05, 0.1) is 32.6 Å². The number of carbonyl (C=O) groups is 1. The largest absolute Gasteiger partial charge is 0.497 e. The molecular formula is C24H28N4O3. The molecule has 1 amide bonds. The van der Waals surface area contributed by atoms with E-state index in [2.05, 4.69) is 27.8 Å². The molecule has 0 spiro atoms. The first-order chi connectivity index (χ1) is 15.2. The van der Waals surface area contributed by atoms with Gasteiger partial charge in [-0.15, -0.1) is 5.10 Å². The minimum absolute atomic E-state index is 0.0428. The molecule has 7 nitrogen and oxygen atoms in total. The monoisotopic (exact) mass is 420 g/mol. The van der Waals surface area contributed by atoms with Crippen molar-refractivity contribution in [1.29, 1.82) is 0 Å². The highest BCUT2D eigenvalue weighted by molar-refractivity contribution is 5.79. The third-order valence-corrected chi connectivity index (χ3v) is 5.54. The predicted octanol–water partition coefficient (Wildman–Crippen LogP) is 2.79. The van der Waals surface area contributed by atoms with Crippen LogP contribution in [0.3, 0.4) is 0 Å². The molecular weight excluding hydrogens is 392 g/mol. The van der Waals surface area contributed by atoms with Crippen LogP contribution >= 0.6 is 0 Å². The quantitative estimate of drug-likeness (QED) is 0.687. The van der Waals surface area contributed by atoms with Crippen LogP contribution in [0.5, 0.6) is 5.75 Å². The number of aryl methyl sites for hydroxylation is 1. The van der Waals surface area contributed by atoms with Gasteiger partial charge in [-0.25, -0.2) is 0 Å². The molecule has 1 aliphatic rings. The van der Waals surface area contributed by atoms with Gasteiger partial charge in [0, 0.05) is 12.5 Å². The fraction of sp³-hybridized carbons (Fsp3) is 0.375. The Morgan fingerprint density at radius 1 is 1.10 bits per heavy atom. The minimum Gasteiger partial charge on any atom is -0.497 e. The summed E-state index contributed by atoms with van der Waals surface area (Å²) in [5, 5.41) is 11.6. The topological polar surface area (TPSA) is 78.3 Å². The van der Waals surface area contributed by atoms with E-state index in [0.29, 0.717) is 39.0 Å². The van der Waals surface area contributed by atoms with Crippen LogP contribution in [0, 0.1) is 5.92 Å². The van der Waals surface area contributed by atoms with Crippen molar-refractivity contribution < 1.29 is 14.3 Å². The summed E-state index contributed by atoms with van der Waals surface area (Å²) in [6.07, 6.45) is 3.94. The molecule has 1 aromatic heterocycles. The summed E-state index contributed by atoms with van der Waals surface area (Å²) >= 11 is 0. The van der Waals surface area contributed by atoms with Crippen molar-refractivity contribution in [3.05, 3.63) is 77.6 Å². The number of rotatable bonds is 5. The summed E-state index contributed by atoms with van der Waals surface area (Å²) in [4.78, 5) is 13.3. The lowest BCUT2D eigenvalue weighted by Crippen LogP contribution is -2.43. The number of fused-ring (bicyclic) bond motifs is 2. The maximum atomic E-state index is 13.3. The third-order valence-electron chi connectivity index (χ3n) is 5.54. The zero-order valence-corrected chi connectivity index (χ0v) is 17.7. The summed E-state index contributed by atoms with van der Waals surface area (Å²) < 4.78 is 12.9. The lowest BCUT2D eigenvalue weighted by molar-refractivity contribution is -0.126. The maximum Gasteiger partial charge on any atom is 0.223 e. The predicted molar refractivity (Wildman–Crippen MR) is 117 cm³/mol. The number of methoxy groups -OCH3 is 1. The Hall–Kier alpha value is -3.19. The molecule has 0 saturated carbocycles. The number of aromatic nitrogens is 3. The molecule has 31 heavy (non-hydrogen) atoms. The van der Waals surface area contributed by atoms with Crippen LogP contribution in [0.1, 0.15) is 23.2 Å². The van der Waals surface area contributed by atoms with E-state index in [1.165, 1.54) is 5.56 Å². The molecule has 2 bridgehead atoms. The molecule has 1 N–H and O–H groups in total. The standard InChI is InChI=1S/C24H28N4O3/c1-30-23-9-7-19(8-10-23)13-20-11-12-28-15-22(26-27-28)17-31-16-21(25-24(20)29)14-18-5-3-2-4-6-18/h2-10,15,20-21H,11-14,16-17H2,1H3,(H,25,29)/t20-,21-/m1/s1. The van der Waals surface area contributed by atoms with Gasteiger partial charge in [0.2, 0.25) is 5.91 Å². The number of hydrogen-bond acceptors (Lipinski definition) is 5. The van der Waals surface area contributed by atoms with E-state index in [0.717, 1.165) is 17.0 Å². The van der Waals surface area contributed by atoms with Crippen LogP contribution in [0.4, 0.5) is 0 Å². The first-order valence-corrected chi connectivity index (χ1v) is 10.6. The number of nitrogens with zero attached hydrogens (tertiary/aromatic N) is 3. The van der Waals surface area contributed by atoms with E-state index in [9.17, 15) is 4.79 Å². The number of nitrogens with one attached hydrogen (secondary N) is 1. The number of ether oxygens (including phenoxy) is 2. The summed E-state index contributed by atoms with van der Waals surface area (Å²) in [5.74, 6) is 0.669. The van der Waals surface area contributed by atoms with E-state index >= 15 is 0 Å². The molecule has 4 rings (SSSR count). The Balaban J connectivity index is 1.52. The Morgan fingerprint density at radius 2 is 1.87 bits per heavy atom. The van der Waals surface area contributed by atoms with E-state index in [1.807, 2.05) is 48.7 Å². The molecule has 3 aromatic rings. The smallest absolute Gasteiger partial charge is 0.223 e. The molecule has 1 aliphatic heterocycles. The Labute approximate surface area is 182 Å². The normalized spacial score (nSPS) is 19.7. The number of amides is 1. The van der Waals surface area contributed by atoms with Crippen molar-refractivity contribution in [3.63, 3.8) is 0 Å². The van der Waals surface area contributed by atoms with Crippen molar-refractivity contribution in [3.8, 4) is 5.75 Å². The Morgan fingerprint density at radius 3 is 2.65 bits per heavy atom. The summed E-state index contributed by atoms with van der Waals surface area (Å²) in [6.45, 7) is 1.43. The highest BCUT2D eigenvalue weighted by Crippen LogP contribution is 2.19. The van der Waals surface area contributed by atoms with Gasteiger partial charge >= 0.3 is 0 Å². The first kappa shape index (κ1) is 21.1. The number of benzene rings is 2. The zero-order valence-electron chi connectivity index (χ0n) is 17.7. The fourth-order valence-electron chi connectivity index (χ4n) is 3.85. The second kappa shape index (κ2) is 10.2. The molecule has 2 heterocycles. The minimum atomic E-state index is -0.182. The van der Waals surface area contributed by atoms with Gasteiger partial charge in [-0.05, 0) is 42.5 Å². The summed E-state index contributed by atoms with van der Waals surface area (Å²) in [7, 11) is 1.65. The van der Waals surface area contributed by atoms with Crippen LogP contribution in [-0.4, -0.2) is 40.7 Å². The highest BCUT2D eigenvalue weighted by atomic mass is 16.5. The van der Waals surface area contributed by atoms with Gasteiger partial charge in [-0.2, -0.15) is 0 Å². The summed E-state index contributed by atoms with van der Waals surface area (Å²) in [6, 6.07) is 17.9. The van der Waals surface area contributed by atoms with Crippen molar-refractivity contribution in [2.75, 3.05) is 13.7 Å². The molecule has 0 aliphatic carbocycles. The highest BCUT2D eigenvalue weighted by Gasteiger charge is 2.23. The van der Waals surface area contributed by atoms with Crippen molar-refractivity contribution in [2.24, 2.45) is 5.92 Å². The van der Waals surface area contributed by atoms with Crippen LogP contribution in [-0.2, 0) is 35.5 Å². The molecule has 0 saturated heterocycles. The second-order valence-electron chi connectivity index (χ2n) is 7.92. The first-order valence-electron chi connectivity index (χ1n) is 10.6. The van der Waals surface area contributed by atoms with Crippen LogP contribution in [0.15, 0.2) is 60.8 Å². The van der Waals surface area contributed by atoms with Crippen molar-refractivity contribution in [1.82, 2.24) is 20.3 Å². The Kier molecular flexibility index (Phi) is 6.94. The summed E-state index contributed by atoms with van der Waals surface area (Å²) in [5.41, 5.74) is 3.07. The zero-order chi connectivity index (χ0) is 21.5. The van der Waals surface area contributed by atoms with E-state index < -0.39 is 0 Å². The third kappa shape index (κ3) is 5.92. The lowest BCUT2D eigenvalue weighted by Gasteiger charge is -2.23. The van der Waals surface area contributed by atoms with E-state index in [-0.39, 0.29) is 17.9 Å². The molecule has 0 unspecified atom stereocenters. The molecule has 7 heteroatoms. The van der Waals surface area contributed by atoms with Gasteiger partial charge in [0.1, 0.15) is 11.4 Å². The lowest BCUT2D eigenvalue weighted by atomic mass is 9.94. The molecule has 162 valence electrons. The van der Waals surface area contributed by atoms with Crippen molar-refractivity contribution >= 4 is 5.91 Å². The second-order valence-corrected chi connectivity index (χ2v) is 7.92. The number of hydrogen-bond donors (Lipinski definition) is 1. The van der Waals surface area contributed by atoms with Gasteiger partial charge in [-0.3, -0.25) is 9.48 Å². The average Bonchev–Trinajstić information content (AvgIpc) is 3.25. The van der Waals surface area contributed by atoms with Crippen LogP contribution in [0.2, 0.25) is 0 Å². The van der Waals surface area contributed by atoms with Gasteiger partial charge in [0.15, 0.2) is 0 Å².